The zero-order chi connectivity index (χ0) is 27.2. The van der Waals surface area contributed by atoms with Crippen LogP contribution in [0.4, 0.5) is 0 Å². The first-order valence-corrected chi connectivity index (χ1v) is 14.8. The largest absolute Gasteiger partial charge is 0.479 e. The Morgan fingerprint density at radius 1 is 0.919 bits per heavy atom. The highest BCUT2D eigenvalue weighted by Gasteiger charge is 2.69. The van der Waals surface area contributed by atoms with Crippen molar-refractivity contribution < 1.29 is 24.5 Å². The standard InChI is InChI=1S/C32H50O5/c1-27(2)14-16-32(26(36)37-19-25(34)35)17-15-30(6)20(21(32)18-27)8-9-23-29(5)12-11-24(33)28(3,4)22(29)10-13-31(23,30)7/h8,21-24,33H,9-19H2,1-7H3,(H,34,35)/t21-,22?,23?,24-,29-,30+,31+,32-/m0/s1. The molecular weight excluding hydrogens is 464 g/mol. The molecule has 0 amide bonds. The second-order valence-corrected chi connectivity index (χ2v) is 15.7. The van der Waals surface area contributed by atoms with Crippen LogP contribution in [0.15, 0.2) is 11.6 Å². The highest BCUT2D eigenvalue weighted by molar-refractivity contribution is 5.81. The molecule has 37 heavy (non-hydrogen) atoms. The molecule has 0 radical (unpaired) electrons. The molecule has 2 N–H and O–H groups in total. The van der Waals surface area contributed by atoms with E-state index in [4.69, 9.17) is 4.74 Å². The molecule has 0 aromatic carbocycles. The Bertz CT molecular complexity index is 1010. The number of carboxylic acid groups (broad SMARTS) is 1. The first kappa shape index (κ1) is 27.2. The molecule has 0 heterocycles. The number of hydrogen-bond donors (Lipinski definition) is 2. The molecule has 0 aromatic rings. The van der Waals surface area contributed by atoms with Gasteiger partial charge in [-0.05, 0) is 109 Å². The van der Waals surface area contributed by atoms with Crippen LogP contribution in [0.3, 0.4) is 0 Å². The van der Waals surface area contributed by atoms with E-state index in [2.05, 4.69) is 54.5 Å². The number of fused-ring (bicyclic) bond motifs is 7. The number of hydrogen-bond acceptors (Lipinski definition) is 4. The SMILES string of the molecule is CC1(C)CC[C@]2(C(=O)OCC(=O)O)CC[C@]3(C)C(=CCC4[C@@]5(C)CC[C@H](O)C(C)(C)C5CC[C@]43C)[C@@H]2C1. The fraction of sp³-hybridized carbons (Fsp3) is 0.875. The second kappa shape index (κ2) is 8.32. The van der Waals surface area contributed by atoms with Crippen LogP contribution >= 0.6 is 0 Å². The number of ether oxygens (including phenoxy) is 1. The van der Waals surface area contributed by atoms with Crippen molar-refractivity contribution in [3.05, 3.63) is 11.6 Å². The number of carboxylic acids is 1. The van der Waals surface area contributed by atoms with E-state index in [0.29, 0.717) is 11.8 Å². The van der Waals surface area contributed by atoms with Crippen LogP contribution in [-0.4, -0.2) is 34.9 Å². The van der Waals surface area contributed by atoms with E-state index in [1.54, 1.807) is 0 Å². The highest BCUT2D eigenvalue weighted by Crippen LogP contribution is 2.75. The van der Waals surface area contributed by atoms with Gasteiger partial charge in [-0.25, -0.2) is 4.79 Å². The summed E-state index contributed by atoms with van der Waals surface area (Å²) in [6, 6.07) is 0. The lowest BCUT2D eigenvalue weighted by molar-refractivity contribution is -0.206. The number of aliphatic hydroxyl groups is 1. The van der Waals surface area contributed by atoms with E-state index in [1.165, 1.54) is 5.57 Å². The van der Waals surface area contributed by atoms with Crippen molar-refractivity contribution in [2.45, 2.75) is 119 Å². The molecule has 0 spiro atoms. The molecule has 0 saturated heterocycles. The number of carbonyl (C=O) groups is 2. The van der Waals surface area contributed by atoms with Crippen LogP contribution in [0.2, 0.25) is 0 Å². The maximum Gasteiger partial charge on any atom is 0.341 e. The summed E-state index contributed by atoms with van der Waals surface area (Å²) in [5, 5.41) is 20.1. The van der Waals surface area contributed by atoms with Crippen molar-refractivity contribution in [2.75, 3.05) is 6.61 Å². The Kier molecular flexibility index (Phi) is 6.12. The smallest absolute Gasteiger partial charge is 0.341 e. The second-order valence-electron chi connectivity index (χ2n) is 15.7. The summed E-state index contributed by atoms with van der Waals surface area (Å²) in [6.07, 6.45) is 12.1. The molecule has 5 nitrogen and oxygen atoms in total. The van der Waals surface area contributed by atoms with E-state index in [0.717, 1.165) is 64.2 Å². The monoisotopic (exact) mass is 514 g/mol. The number of carbonyl (C=O) groups excluding carboxylic acids is 1. The zero-order valence-corrected chi connectivity index (χ0v) is 24.3. The van der Waals surface area contributed by atoms with E-state index in [1.807, 2.05) is 0 Å². The van der Waals surface area contributed by atoms with Gasteiger partial charge in [0.1, 0.15) is 0 Å². The summed E-state index contributed by atoms with van der Waals surface area (Å²) in [4.78, 5) is 24.8. The Morgan fingerprint density at radius 2 is 1.59 bits per heavy atom. The lowest BCUT2D eigenvalue weighted by Gasteiger charge is -2.71. The maximum atomic E-state index is 13.6. The van der Waals surface area contributed by atoms with Crippen molar-refractivity contribution in [3.8, 4) is 0 Å². The van der Waals surface area contributed by atoms with Gasteiger partial charge in [-0.15, -0.1) is 0 Å². The summed E-state index contributed by atoms with van der Waals surface area (Å²) in [5.41, 5.74) is 1.29. The van der Waals surface area contributed by atoms with Gasteiger partial charge >= 0.3 is 11.9 Å². The summed E-state index contributed by atoms with van der Waals surface area (Å²) in [6.45, 7) is 16.2. The minimum atomic E-state index is -1.09. The van der Waals surface area contributed by atoms with E-state index in [9.17, 15) is 19.8 Å². The number of aliphatic carboxylic acids is 1. The third-order valence-electron chi connectivity index (χ3n) is 13.3. The van der Waals surface area contributed by atoms with Crippen LogP contribution in [0, 0.1) is 50.2 Å². The minimum absolute atomic E-state index is 0.0127. The van der Waals surface area contributed by atoms with E-state index < -0.39 is 18.0 Å². The number of esters is 1. The molecular formula is C32H50O5. The summed E-state index contributed by atoms with van der Waals surface area (Å²) in [7, 11) is 0. The third kappa shape index (κ3) is 3.64. The third-order valence-corrected chi connectivity index (χ3v) is 13.3. The van der Waals surface area contributed by atoms with Gasteiger partial charge in [0.2, 0.25) is 0 Å². The van der Waals surface area contributed by atoms with Gasteiger partial charge in [0.05, 0.1) is 11.5 Å². The summed E-state index contributed by atoms with van der Waals surface area (Å²) >= 11 is 0. The molecule has 4 fully saturated rings. The average molecular weight is 515 g/mol. The molecule has 5 rings (SSSR count). The Labute approximate surface area is 223 Å². The van der Waals surface area contributed by atoms with E-state index >= 15 is 0 Å². The Hall–Kier alpha value is -1.36. The van der Waals surface area contributed by atoms with Gasteiger partial charge in [-0.3, -0.25) is 4.79 Å². The minimum Gasteiger partial charge on any atom is -0.479 e. The van der Waals surface area contributed by atoms with Crippen molar-refractivity contribution in [2.24, 2.45) is 50.2 Å². The van der Waals surface area contributed by atoms with Gasteiger partial charge in [0, 0.05) is 0 Å². The van der Waals surface area contributed by atoms with Crippen LogP contribution in [0.5, 0.6) is 0 Å². The predicted octanol–water partition coefficient (Wildman–Crippen LogP) is 6.78. The van der Waals surface area contributed by atoms with Crippen molar-refractivity contribution in [3.63, 3.8) is 0 Å². The molecule has 2 unspecified atom stereocenters. The molecule has 0 bridgehead atoms. The lowest BCUT2D eigenvalue weighted by Crippen LogP contribution is -2.65. The number of aliphatic hydroxyl groups excluding tert-OH is 1. The van der Waals surface area contributed by atoms with Crippen molar-refractivity contribution in [1.82, 2.24) is 0 Å². The van der Waals surface area contributed by atoms with Crippen LogP contribution in [0.1, 0.15) is 113 Å². The molecule has 0 aliphatic heterocycles. The summed E-state index contributed by atoms with van der Waals surface area (Å²) in [5.74, 6) is -0.186. The topological polar surface area (TPSA) is 83.8 Å². The molecule has 0 aromatic heterocycles. The van der Waals surface area contributed by atoms with Gasteiger partial charge in [0.15, 0.2) is 6.61 Å². The Morgan fingerprint density at radius 3 is 2.27 bits per heavy atom. The molecule has 5 aliphatic rings. The molecule has 208 valence electrons. The quantitative estimate of drug-likeness (QED) is 0.320. The van der Waals surface area contributed by atoms with Crippen LogP contribution in [0.25, 0.3) is 0 Å². The predicted molar refractivity (Wildman–Crippen MR) is 144 cm³/mol. The van der Waals surface area contributed by atoms with Crippen LogP contribution in [-0.2, 0) is 14.3 Å². The zero-order valence-electron chi connectivity index (χ0n) is 24.3. The van der Waals surface area contributed by atoms with Crippen LogP contribution < -0.4 is 0 Å². The molecule has 5 aliphatic carbocycles. The first-order chi connectivity index (χ1) is 17.0. The average Bonchev–Trinajstić information content (AvgIpc) is 2.80. The van der Waals surface area contributed by atoms with Gasteiger partial charge < -0.3 is 14.9 Å². The molecule has 8 atom stereocenters. The number of allylic oxidation sites excluding steroid dienone is 2. The highest BCUT2D eigenvalue weighted by atomic mass is 16.6. The summed E-state index contributed by atoms with van der Waals surface area (Å²) < 4.78 is 5.45. The van der Waals surface area contributed by atoms with Gasteiger partial charge in [-0.2, -0.15) is 0 Å². The molecule has 4 saturated carbocycles. The normalized spacial score (nSPS) is 47.8. The lowest BCUT2D eigenvalue weighted by atomic mass is 9.33. The van der Waals surface area contributed by atoms with Gasteiger partial charge in [0.25, 0.3) is 0 Å². The van der Waals surface area contributed by atoms with Crippen molar-refractivity contribution in [1.29, 1.82) is 0 Å². The molecule has 5 heteroatoms. The van der Waals surface area contributed by atoms with Crippen molar-refractivity contribution >= 4 is 11.9 Å². The number of rotatable bonds is 3. The van der Waals surface area contributed by atoms with Gasteiger partial charge in [-0.1, -0.05) is 60.1 Å². The fourth-order valence-electron chi connectivity index (χ4n) is 10.9. The Balaban J connectivity index is 1.56. The fourth-order valence-corrected chi connectivity index (χ4v) is 10.9. The van der Waals surface area contributed by atoms with E-state index in [-0.39, 0.29) is 45.1 Å². The maximum absolute atomic E-state index is 13.6. The first-order valence-electron chi connectivity index (χ1n) is 14.8.